The Morgan fingerprint density at radius 2 is 1.95 bits per heavy atom. The highest BCUT2D eigenvalue weighted by atomic mass is 32.2. The summed E-state index contributed by atoms with van der Waals surface area (Å²) in [6.45, 7) is 1.95. The number of hydrogen-bond donors (Lipinski definition) is 1. The minimum Gasteiger partial charge on any atom is -0.341 e. The van der Waals surface area contributed by atoms with Gasteiger partial charge in [0.15, 0.2) is 0 Å². The molecule has 0 atom stereocenters. The highest BCUT2D eigenvalue weighted by Crippen LogP contribution is 2.25. The van der Waals surface area contributed by atoms with Crippen LogP contribution in [0.15, 0.2) is 30.5 Å². The van der Waals surface area contributed by atoms with Gasteiger partial charge in [0, 0.05) is 24.7 Å². The van der Waals surface area contributed by atoms with Gasteiger partial charge in [0.05, 0.1) is 17.5 Å². The molecule has 0 aliphatic carbocycles. The van der Waals surface area contributed by atoms with Crippen LogP contribution in [0.4, 0.5) is 5.69 Å². The number of hydrogen-bond acceptors (Lipinski definition) is 3. The molecule has 1 saturated heterocycles. The molecule has 0 saturated carbocycles. The third-order valence-corrected chi connectivity index (χ3v) is 4.46. The Kier molecular flexibility index (Phi) is 3.82. The van der Waals surface area contributed by atoms with Crippen molar-refractivity contribution in [3.05, 3.63) is 30.5 Å². The third kappa shape index (κ3) is 3.09. The molecule has 1 aromatic heterocycles. The van der Waals surface area contributed by atoms with E-state index >= 15 is 0 Å². The Hall–Kier alpha value is -2.02. The van der Waals surface area contributed by atoms with Crippen molar-refractivity contribution < 1.29 is 13.2 Å². The predicted octanol–water partition coefficient (Wildman–Crippen LogP) is 1.64. The molecule has 7 heteroatoms. The van der Waals surface area contributed by atoms with Crippen molar-refractivity contribution in [2.75, 3.05) is 24.1 Å². The Labute approximate surface area is 129 Å². The first-order chi connectivity index (χ1) is 10.4. The summed E-state index contributed by atoms with van der Waals surface area (Å²) in [5, 5.41) is 0.794. The highest BCUT2D eigenvalue weighted by Gasteiger charge is 2.19. The standard InChI is InChI=1S/C15H19N3O3S/c1-22(20,21)16-13-5-4-6-14-12(13)7-10-18(14)11-15(19)17-8-2-3-9-17/h4-7,10,16H,2-3,8-9,11H2,1H3. The number of carbonyl (C=O) groups excluding carboxylic acids is 1. The van der Waals surface area contributed by atoms with Crippen molar-refractivity contribution in [2.24, 2.45) is 0 Å². The number of benzene rings is 1. The molecule has 1 fully saturated rings. The average Bonchev–Trinajstić information content (AvgIpc) is 3.07. The first-order valence-corrected chi connectivity index (χ1v) is 9.16. The van der Waals surface area contributed by atoms with E-state index in [0.717, 1.165) is 43.1 Å². The molecular weight excluding hydrogens is 302 g/mol. The molecule has 0 radical (unpaired) electrons. The Bertz CT molecular complexity index is 805. The number of fused-ring (bicyclic) bond motifs is 1. The van der Waals surface area contributed by atoms with Crippen LogP contribution in [0, 0.1) is 0 Å². The first-order valence-electron chi connectivity index (χ1n) is 7.27. The highest BCUT2D eigenvalue weighted by molar-refractivity contribution is 7.92. The second kappa shape index (κ2) is 5.64. The van der Waals surface area contributed by atoms with Crippen LogP contribution in [-0.2, 0) is 21.4 Å². The largest absolute Gasteiger partial charge is 0.341 e. The lowest BCUT2D eigenvalue weighted by Gasteiger charge is -2.16. The predicted molar refractivity (Wildman–Crippen MR) is 86.2 cm³/mol. The van der Waals surface area contributed by atoms with Crippen molar-refractivity contribution >= 4 is 32.5 Å². The van der Waals surface area contributed by atoms with Gasteiger partial charge in [0.1, 0.15) is 6.54 Å². The van der Waals surface area contributed by atoms with Gasteiger partial charge in [-0.05, 0) is 31.0 Å². The van der Waals surface area contributed by atoms with Gasteiger partial charge in [-0.1, -0.05) is 6.07 Å². The lowest BCUT2D eigenvalue weighted by Crippen LogP contribution is -2.30. The fourth-order valence-electron chi connectivity index (χ4n) is 2.86. The van der Waals surface area contributed by atoms with Crippen LogP contribution in [0.3, 0.4) is 0 Å². The topological polar surface area (TPSA) is 71.4 Å². The van der Waals surface area contributed by atoms with E-state index in [1.165, 1.54) is 0 Å². The van der Waals surface area contributed by atoms with E-state index in [4.69, 9.17) is 0 Å². The van der Waals surface area contributed by atoms with Crippen molar-refractivity contribution in [3.8, 4) is 0 Å². The lowest BCUT2D eigenvalue weighted by atomic mass is 10.2. The third-order valence-electron chi connectivity index (χ3n) is 3.87. The molecule has 2 heterocycles. The summed E-state index contributed by atoms with van der Waals surface area (Å²) in [5.74, 6) is 0.108. The van der Waals surface area contributed by atoms with E-state index in [9.17, 15) is 13.2 Å². The van der Waals surface area contributed by atoms with E-state index in [0.29, 0.717) is 5.69 Å². The summed E-state index contributed by atoms with van der Waals surface area (Å²) in [6.07, 6.45) is 5.09. The van der Waals surface area contributed by atoms with Gasteiger partial charge in [-0.15, -0.1) is 0 Å². The van der Waals surface area contributed by atoms with Gasteiger partial charge < -0.3 is 9.47 Å². The number of amides is 1. The Morgan fingerprint density at radius 3 is 2.64 bits per heavy atom. The second-order valence-electron chi connectivity index (χ2n) is 5.64. The molecule has 1 amide bonds. The van der Waals surface area contributed by atoms with Crippen LogP contribution < -0.4 is 4.72 Å². The normalized spacial score (nSPS) is 15.4. The fraction of sp³-hybridized carbons (Fsp3) is 0.400. The summed E-state index contributed by atoms with van der Waals surface area (Å²) >= 11 is 0. The molecule has 0 bridgehead atoms. The average molecular weight is 321 g/mol. The van der Waals surface area contributed by atoms with Crippen molar-refractivity contribution in [1.82, 2.24) is 9.47 Å². The SMILES string of the molecule is CS(=O)(=O)Nc1cccc2c1ccn2CC(=O)N1CCCC1. The number of sulfonamides is 1. The van der Waals surface area contributed by atoms with E-state index in [1.807, 2.05) is 27.8 Å². The quantitative estimate of drug-likeness (QED) is 0.930. The number of carbonyl (C=O) groups is 1. The van der Waals surface area contributed by atoms with Crippen molar-refractivity contribution in [3.63, 3.8) is 0 Å². The van der Waals surface area contributed by atoms with Crippen LogP contribution in [0.25, 0.3) is 10.9 Å². The molecule has 1 N–H and O–H groups in total. The van der Waals surface area contributed by atoms with E-state index < -0.39 is 10.0 Å². The van der Waals surface area contributed by atoms with Crippen LogP contribution in [0.5, 0.6) is 0 Å². The number of nitrogens with zero attached hydrogens (tertiary/aromatic N) is 2. The molecule has 3 rings (SSSR count). The summed E-state index contributed by atoms with van der Waals surface area (Å²) in [6, 6.07) is 7.23. The van der Waals surface area contributed by atoms with E-state index in [-0.39, 0.29) is 12.5 Å². The zero-order valence-corrected chi connectivity index (χ0v) is 13.3. The molecule has 2 aromatic rings. The zero-order valence-electron chi connectivity index (χ0n) is 12.4. The molecule has 1 aliphatic rings. The smallest absolute Gasteiger partial charge is 0.242 e. The maximum Gasteiger partial charge on any atom is 0.242 e. The lowest BCUT2D eigenvalue weighted by molar-refractivity contribution is -0.130. The number of rotatable bonds is 4. The van der Waals surface area contributed by atoms with Gasteiger partial charge in [0.25, 0.3) is 0 Å². The zero-order chi connectivity index (χ0) is 15.7. The van der Waals surface area contributed by atoms with Crippen LogP contribution >= 0.6 is 0 Å². The maximum absolute atomic E-state index is 12.3. The van der Waals surface area contributed by atoms with Crippen molar-refractivity contribution in [2.45, 2.75) is 19.4 Å². The Morgan fingerprint density at radius 1 is 1.23 bits per heavy atom. The summed E-state index contributed by atoms with van der Waals surface area (Å²) in [7, 11) is -3.33. The molecule has 0 unspecified atom stereocenters. The summed E-state index contributed by atoms with van der Waals surface area (Å²) in [5.41, 5.74) is 1.38. The monoisotopic (exact) mass is 321 g/mol. The first kappa shape index (κ1) is 14.9. The molecule has 22 heavy (non-hydrogen) atoms. The number of aromatic nitrogens is 1. The van der Waals surface area contributed by atoms with Gasteiger partial charge in [-0.3, -0.25) is 9.52 Å². The summed E-state index contributed by atoms with van der Waals surface area (Å²) in [4.78, 5) is 14.1. The van der Waals surface area contributed by atoms with Crippen LogP contribution in [0.2, 0.25) is 0 Å². The van der Waals surface area contributed by atoms with Crippen molar-refractivity contribution in [1.29, 1.82) is 0 Å². The molecule has 1 aliphatic heterocycles. The van der Waals surface area contributed by atoms with Gasteiger partial charge >= 0.3 is 0 Å². The minimum atomic E-state index is -3.33. The minimum absolute atomic E-state index is 0.108. The molecule has 6 nitrogen and oxygen atoms in total. The Balaban J connectivity index is 1.88. The van der Waals surface area contributed by atoms with Gasteiger partial charge in [-0.2, -0.15) is 0 Å². The molecular formula is C15H19N3O3S. The fourth-order valence-corrected chi connectivity index (χ4v) is 3.44. The van der Waals surface area contributed by atoms with E-state index in [1.54, 1.807) is 12.1 Å². The van der Waals surface area contributed by atoms with Gasteiger partial charge in [-0.25, -0.2) is 8.42 Å². The maximum atomic E-state index is 12.3. The summed E-state index contributed by atoms with van der Waals surface area (Å²) < 4.78 is 27.2. The molecule has 0 spiro atoms. The number of likely N-dealkylation sites (tertiary alicyclic amines) is 1. The van der Waals surface area contributed by atoms with Gasteiger partial charge in [0.2, 0.25) is 15.9 Å². The second-order valence-corrected chi connectivity index (χ2v) is 7.39. The van der Waals surface area contributed by atoms with E-state index in [2.05, 4.69) is 4.72 Å². The van der Waals surface area contributed by atoms with Crippen LogP contribution in [0.1, 0.15) is 12.8 Å². The number of nitrogens with one attached hydrogen (secondary N) is 1. The molecule has 1 aromatic carbocycles. The molecule has 118 valence electrons. The van der Waals surface area contributed by atoms with Crippen LogP contribution in [-0.4, -0.2) is 43.1 Å². The number of anilines is 1.